The first-order chi connectivity index (χ1) is 8.36. The highest BCUT2D eigenvalue weighted by molar-refractivity contribution is 7.87. The van der Waals surface area contributed by atoms with Crippen molar-refractivity contribution in [3.63, 3.8) is 0 Å². The molecule has 0 radical (unpaired) electrons. The molecule has 1 aliphatic heterocycles. The largest absolute Gasteiger partial charge is 0.290 e. The lowest BCUT2D eigenvalue weighted by Gasteiger charge is -2.32. The minimum atomic E-state index is -3.39. The maximum absolute atomic E-state index is 12.0. The molecule has 1 aliphatic rings. The molecule has 7 heteroatoms. The maximum Gasteiger partial charge on any atom is 0.279 e. The SMILES string of the molecule is CC(C)N(C)S(=O)(=O)NC1CCN(CC#N)CC1. The van der Waals surface area contributed by atoms with Gasteiger partial charge in [0, 0.05) is 32.2 Å². The minimum absolute atomic E-state index is 0.0221. The van der Waals surface area contributed by atoms with Gasteiger partial charge in [-0.15, -0.1) is 0 Å². The molecule has 0 aromatic carbocycles. The first-order valence-electron chi connectivity index (χ1n) is 6.21. The molecule has 0 aromatic rings. The Morgan fingerprint density at radius 1 is 1.44 bits per heavy atom. The van der Waals surface area contributed by atoms with Gasteiger partial charge in [0.25, 0.3) is 10.2 Å². The molecule has 1 N–H and O–H groups in total. The predicted octanol–water partition coefficient (Wildman–Crippen LogP) is 0.149. The number of likely N-dealkylation sites (tertiary alicyclic amines) is 1. The van der Waals surface area contributed by atoms with E-state index < -0.39 is 10.2 Å². The van der Waals surface area contributed by atoms with Crippen LogP contribution in [0.25, 0.3) is 0 Å². The average molecular weight is 274 g/mol. The van der Waals surface area contributed by atoms with Gasteiger partial charge in [0.05, 0.1) is 12.6 Å². The van der Waals surface area contributed by atoms with Crippen LogP contribution >= 0.6 is 0 Å². The molecule has 0 saturated carbocycles. The van der Waals surface area contributed by atoms with Gasteiger partial charge in [-0.2, -0.15) is 22.7 Å². The standard InChI is InChI=1S/C11H22N4O2S/c1-10(2)14(3)18(16,17)13-11-4-7-15(8-5-11)9-6-12/h10-11,13H,4-5,7-9H2,1-3H3. The van der Waals surface area contributed by atoms with Crippen molar-refractivity contribution in [3.05, 3.63) is 0 Å². The zero-order chi connectivity index (χ0) is 13.8. The molecular formula is C11H22N4O2S. The molecule has 1 saturated heterocycles. The summed E-state index contributed by atoms with van der Waals surface area (Å²) in [5.74, 6) is 0. The lowest BCUT2D eigenvalue weighted by molar-refractivity contribution is 0.227. The number of nitrogens with zero attached hydrogens (tertiary/aromatic N) is 3. The van der Waals surface area contributed by atoms with Gasteiger partial charge in [-0.05, 0) is 26.7 Å². The summed E-state index contributed by atoms with van der Waals surface area (Å²) in [5.41, 5.74) is 0. The number of hydrogen-bond acceptors (Lipinski definition) is 4. The van der Waals surface area contributed by atoms with E-state index in [2.05, 4.69) is 10.8 Å². The van der Waals surface area contributed by atoms with Crippen molar-refractivity contribution >= 4 is 10.2 Å². The quantitative estimate of drug-likeness (QED) is 0.724. The van der Waals surface area contributed by atoms with E-state index in [1.165, 1.54) is 4.31 Å². The second kappa shape index (κ2) is 6.48. The summed E-state index contributed by atoms with van der Waals surface area (Å²) in [6.07, 6.45) is 1.51. The fraction of sp³-hybridized carbons (Fsp3) is 0.909. The molecule has 1 heterocycles. The van der Waals surface area contributed by atoms with Gasteiger partial charge in [0.1, 0.15) is 0 Å². The normalized spacial score (nSPS) is 19.3. The molecule has 1 fully saturated rings. The van der Waals surface area contributed by atoms with Crippen LogP contribution in [0.15, 0.2) is 0 Å². The van der Waals surface area contributed by atoms with Crippen LogP contribution in [0.4, 0.5) is 0 Å². The Bertz CT molecular complexity index is 394. The summed E-state index contributed by atoms with van der Waals surface area (Å²) in [7, 11) is -1.81. The highest BCUT2D eigenvalue weighted by Gasteiger charge is 2.26. The fourth-order valence-corrected chi connectivity index (χ4v) is 3.26. The summed E-state index contributed by atoms with van der Waals surface area (Å²) in [5, 5.41) is 8.59. The highest BCUT2D eigenvalue weighted by atomic mass is 32.2. The van der Waals surface area contributed by atoms with Crippen LogP contribution in [0.3, 0.4) is 0 Å². The van der Waals surface area contributed by atoms with Crippen molar-refractivity contribution in [1.29, 1.82) is 5.26 Å². The molecule has 6 nitrogen and oxygen atoms in total. The lowest BCUT2D eigenvalue weighted by Crippen LogP contribution is -2.50. The van der Waals surface area contributed by atoms with Crippen LogP contribution in [0.2, 0.25) is 0 Å². The Kier molecular flexibility index (Phi) is 5.53. The number of nitrogens with one attached hydrogen (secondary N) is 1. The van der Waals surface area contributed by atoms with Gasteiger partial charge in [-0.1, -0.05) is 0 Å². The summed E-state index contributed by atoms with van der Waals surface area (Å²) in [6.45, 7) is 5.65. The Morgan fingerprint density at radius 2 is 2.00 bits per heavy atom. The summed E-state index contributed by atoms with van der Waals surface area (Å²) in [4.78, 5) is 2.04. The molecule has 0 amide bonds. The van der Waals surface area contributed by atoms with E-state index in [9.17, 15) is 8.42 Å². The van der Waals surface area contributed by atoms with Crippen molar-refractivity contribution in [2.24, 2.45) is 0 Å². The number of piperidine rings is 1. The Morgan fingerprint density at radius 3 is 2.44 bits per heavy atom. The number of hydrogen-bond donors (Lipinski definition) is 1. The van der Waals surface area contributed by atoms with E-state index in [4.69, 9.17) is 5.26 Å². The van der Waals surface area contributed by atoms with Gasteiger partial charge >= 0.3 is 0 Å². The summed E-state index contributed by atoms with van der Waals surface area (Å²) >= 11 is 0. The third-order valence-corrected chi connectivity index (χ3v) is 5.11. The minimum Gasteiger partial charge on any atom is -0.290 e. The van der Waals surface area contributed by atoms with Crippen molar-refractivity contribution in [1.82, 2.24) is 13.9 Å². The monoisotopic (exact) mass is 274 g/mol. The molecule has 0 aliphatic carbocycles. The molecular weight excluding hydrogens is 252 g/mol. The summed E-state index contributed by atoms with van der Waals surface area (Å²) in [6, 6.07) is 2.04. The van der Waals surface area contributed by atoms with Crippen molar-refractivity contribution in [2.75, 3.05) is 26.7 Å². The van der Waals surface area contributed by atoms with Crippen LogP contribution in [0.1, 0.15) is 26.7 Å². The second-order valence-corrected chi connectivity index (χ2v) is 6.70. The molecule has 18 heavy (non-hydrogen) atoms. The Balaban J connectivity index is 2.48. The maximum atomic E-state index is 12.0. The van der Waals surface area contributed by atoms with E-state index in [0.717, 1.165) is 25.9 Å². The van der Waals surface area contributed by atoms with Gasteiger partial charge in [-0.3, -0.25) is 4.90 Å². The van der Waals surface area contributed by atoms with E-state index in [1.54, 1.807) is 7.05 Å². The van der Waals surface area contributed by atoms with Crippen LogP contribution in [-0.4, -0.2) is 56.4 Å². The van der Waals surface area contributed by atoms with Crippen molar-refractivity contribution in [3.8, 4) is 6.07 Å². The number of nitriles is 1. The van der Waals surface area contributed by atoms with E-state index in [-0.39, 0.29) is 12.1 Å². The van der Waals surface area contributed by atoms with E-state index in [1.807, 2.05) is 18.7 Å². The zero-order valence-electron chi connectivity index (χ0n) is 11.3. The highest BCUT2D eigenvalue weighted by Crippen LogP contribution is 2.12. The molecule has 0 atom stereocenters. The van der Waals surface area contributed by atoms with Crippen LogP contribution in [0, 0.1) is 11.3 Å². The third kappa shape index (κ3) is 4.21. The van der Waals surface area contributed by atoms with Crippen LogP contribution in [0.5, 0.6) is 0 Å². The first kappa shape index (κ1) is 15.4. The molecule has 104 valence electrons. The Hall–Kier alpha value is -0.680. The molecule has 0 bridgehead atoms. The van der Waals surface area contributed by atoms with Gasteiger partial charge in [0.15, 0.2) is 0 Å². The smallest absolute Gasteiger partial charge is 0.279 e. The first-order valence-corrected chi connectivity index (χ1v) is 7.65. The van der Waals surface area contributed by atoms with Crippen molar-refractivity contribution < 1.29 is 8.42 Å². The van der Waals surface area contributed by atoms with Gasteiger partial charge in [-0.25, -0.2) is 0 Å². The topological polar surface area (TPSA) is 76.4 Å². The van der Waals surface area contributed by atoms with Crippen molar-refractivity contribution in [2.45, 2.75) is 38.8 Å². The molecule has 1 rings (SSSR count). The number of rotatable bonds is 5. The van der Waals surface area contributed by atoms with E-state index >= 15 is 0 Å². The molecule has 0 spiro atoms. The fourth-order valence-electron chi connectivity index (χ4n) is 1.88. The van der Waals surface area contributed by atoms with E-state index in [0.29, 0.717) is 6.54 Å². The van der Waals surface area contributed by atoms with Crippen LogP contribution in [-0.2, 0) is 10.2 Å². The Labute approximate surface area is 110 Å². The predicted molar refractivity (Wildman–Crippen MR) is 70.0 cm³/mol. The third-order valence-electron chi connectivity index (χ3n) is 3.30. The van der Waals surface area contributed by atoms with Crippen LogP contribution < -0.4 is 4.72 Å². The summed E-state index contributed by atoms with van der Waals surface area (Å²) < 4.78 is 28.1. The van der Waals surface area contributed by atoms with Gasteiger partial charge < -0.3 is 0 Å². The lowest BCUT2D eigenvalue weighted by atomic mass is 10.1. The second-order valence-electron chi connectivity index (χ2n) is 4.94. The zero-order valence-corrected chi connectivity index (χ0v) is 12.1. The molecule has 0 aromatic heterocycles. The van der Waals surface area contributed by atoms with Gasteiger partial charge in [0.2, 0.25) is 0 Å². The molecule has 0 unspecified atom stereocenters. The average Bonchev–Trinajstić information content (AvgIpc) is 2.30.